The highest BCUT2D eigenvalue weighted by atomic mass is 79.9. The number of nitrogens with zero attached hydrogens (tertiary/aromatic N) is 3. The molecule has 0 bridgehead atoms. The molecule has 1 fully saturated rings. The fraction of sp³-hybridized carbons (Fsp3) is 0.400. The SMILES string of the molecule is COC(=O)C1CC(=O)N(c2nccc(Br)n2)C1. The molecular weight excluding hydrogens is 290 g/mol. The van der Waals surface area contributed by atoms with E-state index < -0.39 is 5.92 Å². The molecule has 0 saturated carbocycles. The molecule has 0 N–H and O–H groups in total. The minimum atomic E-state index is -0.435. The van der Waals surface area contributed by atoms with Gasteiger partial charge in [0.25, 0.3) is 0 Å². The number of esters is 1. The molecule has 2 heterocycles. The Morgan fingerprint density at radius 3 is 3.06 bits per heavy atom. The minimum Gasteiger partial charge on any atom is -0.469 e. The van der Waals surface area contributed by atoms with Gasteiger partial charge in [0.15, 0.2) is 0 Å². The lowest BCUT2D eigenvalue weighted by atomic mass is 10.1. The predicted molar refractivity (Wildman–Crippen MR) is 62.2 cm³/mol. The molecule has 0 spiro atoms. The van der Waals surface area contributed by atoms with Crippen LogP contribution in [0.2, 0.25) is 0 Å². The molecule has 1 unspecified atom stereocenters. The summed E-state index contributed by atoms with van der Waals surface area (Å²) in [6.07, 6.45) is 1.69. The summed E-state index contributed by atoms with van der Waals surface area (Å²) in [6, 6.07) is 1.67. The van der Waals surface area contributed by atoms with Gasteiger partial charge in [-0.25, -0.2) is 9.97 Å². The van der Waals surface area contributed by atoms with Gasteiger partial charge in [0.05, 0.1) is 13.0 Å². The normalized spacial score (nSPS) is 19.5. The van der Waals surface area contributed by atoms with Crippen LogP contribution in [-0.4, -0.2) is 35.5 Å². The van der Waals surface area contributed by atoms with E-state index in [0.29, 0.717) is 10.6 Å². The maximum Gasteiger partial charge on any atom is 0.311 e. The van der Waals surface area contributed by atoms with E-state index in [9.17, 15) is 9.59 Å². The summed E-state index contributed by atoms with van der Waals surface area (Å²) in [5.74, 6) is -0.680. The van der Waals surface area contributed by atoms with Crippen molar-refractivity contribution in [1.29, 1.82) is 0 Å². The molecule has 2 rings (SSSR count). The summed E-state index contributed by atoms with van der Waals surface area (Å²) in [5.41, 5.74) is 0. The molecule has 6 nitrogen and oxygen atoms in total. The molecule has 90 valence electrons. The van der Waals surface area contributed by atoms with E-state index in [4.69, 9.17) is 0 Å². The Labute approximate surface area is 106 Å². The number of ether oxygens (including phenoxy) is 1. The van der Waals surface area contributed by atoms with Crippen LogP contribution in [0.4, 0.5) is 5.95 Å². The van der Waals surface area contributed by atoms with E-state index in [1.165, 1.54) is 12.0 Å². The van der Waals surface area contributed by atoms with Gasteiger partial charge in [-0.15, -0.1) is 0 Å². The molecule has 7 heteroatoms. The lowest BCUT2D eigenvalue weighted by Crippen LogP contribution is -2.27. The van der Waals surface area contributed by atoms with Crippen LogP contribution in [0.1, 0.15) is 6.42 Å². The molecule has 1 amide bonds. The number of anilines is 1. The molecule has 1 saturated heterocycles. The first-order chi connectivity index (χ1) is 8.11. The van der Waals surface area contributed by atoms with Crippen LogP contribution < -0.4 is 4.90 Å². The number of hydrogen-bond donors (Lipinski definition) is 0. The molecule has 1 aromatic heterocycles. The quantitative estimate of drug-likeness (QED) is 0.596. The van der Waals surface area contributed by atoms with Crippen molar-refractivity contribution in [3.63, 3.8) is 0 Å². The maximum atomic E-state index is 11.7. The van der Waals surface area contributed by atoms with Crippen molar-refractivity contribution >= 4 is 33.8 Å². The van der Waals surface area contributed by atoms with Crippen molar-refractivity contribution in [2.75, 3.05) is 18.6 Å². The van der Waals surface area contributed by atoms with Gasteiger partial charge in [-0.2, -0.15) is 0 Å². The van der Waals surface area contributed by atoms with Gasteiger partial charge < -0.3 is 4.74 Å². The lowest BCUT2D eigenvalue weighted by molar-refractivity contribution is -0.145. The Kier molecular flexibility index (Phi) is 3.37. The number of carbonyl (C=O) groups excluding carboxylic acids is 2. The van der Waals surface area contributed by atoms with E-state index >= 15 is 0 Å². The van der Waals surface area contributed by atoms with Gasteiger partial charge >= 0.3 is 5.97 Å². The van der Waals surface area contributed by atoms with Crippen LogP contribution in [-0.2, 0) is 14.3 Å². The average Bonchev–Trinajstić information content (AvgIpc) is 2.70. The fourth-order valence-corrected chi connectivity index (χ4v) is 1.96. The molecule has 0 aromatic carbocycles. The largest absolute Gasteiger partial charge is 0.469 e. The van der Waals surface area contributed by atoms with Gasteiger partial charge in [-0.05, 0) is 22.0 Å². The first kappa shape index (κ1) is 12.0. The van der Waals surface area contributed by atoms with Gasteiger partial charge in [0.2, 0.25) is 11.9 Å². The number of hydrogen-bond acceptors (Lipinski definition) is 5. The second-order valence-electron chi connectivity index (χ2n) is 3.61. The molecule has 0 radical (unpaired) electrons. The van der Waals surface area contributed by atoms with Gasteiger partial charge in [0.1, 0.15) is 4.60 Å². The van der Waals surface area contributed by atoms with Crippen molar-refractivity contribution in [2.45, 2.75) is 6.42 Å². The number of halogens is 1. The average molecular weight is 300 g/mol. The number of carbonyl (C=O) groups is 2. The van der Waals surface area contributed by atoms with Crippen LogP contribution in [0.5, 0.6) is 0 Å². The summed E-state index contributed by atoms with van der Waals surface area (Å²) in [7, 11) is 1.31. The van der Waals surface area contributed by atoms with E-state index in [2.05, 4.69) is 30.6 Å². The second-order valence-corrected chi connectivity index (χ2v) is 4.42. The second kappa shape index (κ2) is 4.79. The standard InChI is InChI=1S/C10H10BrN3O3/c1-17-9(16)6-4-8(15)14(5-6)10-12-3-2-7(11)13-10/h2-3,6H,4-5H2,1H3. The fourth-order valence-electron chi connectivity index (χ4n) is 1.68. The van der Waals surface area contributed by atoms with Crippen LogP contribution in [0.25, 0.3) is 0 Å². The topological polar surface area (TPSA) is 72.4 Å². The number of amides is 1. The highest BCUT2D eigenvalue weighted by molar-refractivity contribution is 9.10. The van der Waals surface area contributed by atoms with Crippen molar-refractivity contribution < 1.29 is 14.3 Å². The Morgan fingerprint density at radius 1 is 1.65 bits per heavy atom. The van der Waals surface area contributed by atoms with E-state index in [-0.39, 0.29) is 24.8 Å². The summed E-state index contributed by atoms with van der Waals surface area (Å²) in [4.78, 5) is 32.6. The molecule has 17 heavy (non-hydrogen) atoms. The van der Waals surface area contributed by atoms with Crippen molar-refractivity contribution in [2.24, 2.45) is 5.92 Å². The number of rotatable bonds is 2. The van der Waals surface area contributed by atoms with Crippen molar-refractivity contribution in [3.8, 4) is 0 Å². The van der Waals surface area contributed by atoms with Gasteiger partial charge in [-0.3, -0.25) is 14.5 Å². The molecule has 1 aliphatic heterocycles. The van der Waals surface area contributed by atoms with Crippen LogP contribution in [0.3, 0.4) is 0 Å². The summed E-state index contributed by atoms with van der Waals surface area (Å²) in [6.45, 7) is 0.266. The molecule has 0 aliphatic carbocycles. The van der Waals surface area contributed by atoms with Crippen molar-refractivity contribution in [1.82, 2.24) is 9.97 Å². The third-order valence-corrected chi connectivity index (χ3v) is 2.95. The first-order valence-corrected chi connectivity index (χ1v) is 5.78. The van der Waals surface area contributed by atoms with E-state index in [0.717, 1.165) is 0 Å². The van der Waals surface area contributed by atoms with E-state index in [1.807, 2.05) is 0 Å². The molecule has 1 atom stereocenters. The molecule has 1 aliphatic rings. The zero-order valence-corrected chi connectivity index (χ0v) is 10.7. The molecule has 1 aromatic rings. The smallest absolute Gasteiger partial charge is 0.311 e. The Bertz CT molecular complexity index is 466. The minimum absolute atomic E-state index is 0.141. The van der Waals surface area contributed by atoms with Gasteiger partial charge in [0, 0.05) is 19.2 Å². The number of methoxy groups -OCH3 is 1. The van der Waals surface area contributed by atoms with Gasteiger partial charge in [-0.1, -0.05) is 0 Å². The summed E-state index contributed by atoms with van der Waals surface area (Å²) >= 11 is 3.21. The van der Waals surface area contributed by atoms with Crippen LogP contribution in [0, 0.1) is 5.92 Å². The number of aromatic nitrogens is 2. The highest BCUT2D eigenvalue weighted by Crippen LogP contribution is 2.23. The predicted octanol–water partition coefficient (Wildman–Crippen LogP) is 0.765. The molecular formula is C10H10BrN3O3. The summed E-state index contributed by atoms with van der Waals surface area (Å²) in [5, 5.41) is 0. The Morgan fingerprint density at radius 2 is 2.41 bits per heavy atom. The Balaban J connectivity index is 2.18. The maximum absolute atomic E-state index is 11.7. The first-order valence-electron chi connectivity index (χ1n) is 4.98. The third kappa shape index (κ3) is 2.44. The lowest BCUT2D eigenvalue weighted by Gasteiger charge is -2.13. The summed E-state index contributed by atoms with van der Waals surface area (Å²) < 4.78 is 5.22. The van der Waals surface area contributed by atoms with E-state index in [1.54, 1.807) is 12.3 Å². The van der Waals surface area contributed by atoms with Crippen molar-refractivity contribution in [3.05, 3.63) is 16.9 Å². The third-order valence-electron chi connectivity index (χ3n) is 2.51. The zero-order valence-electron chi connectivity index (χ0n) is 9.09. The highest BCUT2D eigenvalue weighted by Gasteiger charge is 2.37. The Hall–Kier alpha value is -1.50. The van der Waals surface area contributed by atoms with Crippen LogP contribution in [0.15, 0.2) is 16.9 Å². The monoisotopic (exact) mass is 299 g/mol. The zero-order chi connectivity index (χ0) is 12.4. The van der Waals surface area contributed by atoms with Crippen LogP contribution >= 0.6 is 15.9 Å².